The molecule has 0 aliphatic heterocycles. The third-order valence-electron chi connectivity index (χ3n) is 1.86. The summed E-state index contributed by atoms with van der Waals surface area (Å²) in [5.41, 5.74) is 5.32. The zero-order chi connectivity index (χ0) is 10.6. The van der Waals surface area contributed by atoms with E-state index in [1.54, 1.807) is 0 Å². The number of hydrogen-bond acceptors (Lipinski definition) is 1. The van der Waals surface area contributed by atoms with Gasteiger partial charge in [-0.15, -0.1) is 0 Å². The second-order valence-electron chi connectivity index (χ2n) is 3.14. The summed E-state index contributed by atoms with van der Waals surface area (Å²) in [4.78, 5) is 11.2. The van der Waals surface area contributed by atoms with Crippen molar-refractivity contribution in [1.82, 2.24) is 0 Å². The molecule has 0 aliphatic rings. The normalized spacial score (nSPS) is 14.7. The Hall–Kier alpha value is -0.501. The Morgan fingerprint density at radius 1 is 1.50 bits per heavy atom. The molecule has 0 spiro atoms. The molecule has 1 rings (SSSR count). The number of nitrogens with two attached hydrogens (primary N) is 1. The van der Waals surface area contributed by atoms with E-state index in [4.69, 9.17) is 17.3 Å². The number of primary amides is 1. The number of benzene rings is 1. The third-order valence-corrected chi connectivity index (χ3v) is 5.49. The van der Waals surface area contributed by atoms with Crippen molar-refractivity contribution in [3.63, 3.8) is 0 Å². The molecular formula is C10H12ClNOSe. The van der Waals surface area contributed by atoms with Crippen molar-refractivity contribution in [2.45, 2.75) is 11.2 Å². The summed E-state index contributed by atoms with van der Waals surface area (Å²) in [5, 5.41) is 0. The minimum atomic E-state index is -0.587. The van der Waals surface area contributed by atoms with E-state index in [9.17, 15) is 4.79 Å². The van der Waals surface area contributed by atoms with E-state index in [1.807, 2.05) is 37.3 Å². The Morgan fingerprint density at radius 2 is 2.07 bits per heavy atom. The second-order valence-corrected chi connectivity index (χ2v) is 6.72. The van der Waals surface area contributed by atoms with Crippen LogP contribution in [0, 0.1) is 0 Å². The maximum absolute atomic E-state index is 11.2. The number of carbonyl (C=O) groups is 1. The second kappa shape index (κ2) is 4.83. The standard InChI is InChI=1S/C10H12ClNOSe/c1-10(7-11,9(12)13)14-8-5-3-2-4-6-8/h2-6H,7H2,1H3,(H2,12,13). The van der Waals surface area contributed by atoms with E-state index in [0.29, 0.717) is 0 Å². The van der Waals surface area contributed by atoms with Crippen LogP contribution in [0.25, 0.3) is 0 Å². The molecule has 0 aliphatic carbocycles. The first-order valence-corrected chi connectivity index (χ1v) is 6.43. The number of hydrogen-bond donors (Lipinski definition) is 1. The summed E-state index contributed by atoms with van der Waals surface area (Å²) >= 11 is 5.76. The van der Waals surface area contributed by atoms with Crippen molar-refractivity contribution in [1.29, 1.82) is 0 Å². The predicted molar refractivity (Wildman–Crippen MR) is 60.1 cm³/mol. The summed E-state index contributed by atoms with van der Waals surface area (Å²) < 4.78 is 0.553. The van der Waals surface area contributed by atoms with E-state index in [-0.39, 0.29) is 26.7 Å². The van der Waals surface area contributed by atoms with Gasteiger partial charge in [0, 0.05) is 0 Å². The number of halogens is 1. The van der Waals surface area contributed by atoms with Crippen LogP contribution in [0.2, 0.25) is 4.31 Å². The molecule has 1 aromatic rings. The van der Waals surface area contributed by atoms with E-state index >= 15 is 0 Å². The molecule has 1 aromatic carbocycles. The molecule has 14 heavy (non-hydrogen) atoms. The zero-order valence-corrected chi connectivity index (χ0v) is 10.3. The Kier molecular flexibility index (Phi) is 3.99. The van der Waals surface area contributed by atoms with Crippen molar-refractivity contribution in [2.75, 3.05) is 5.88 Å². The SMILES string of the molecule is CC(CCl)([Se]c1ccccc1)C(N)=O. The van der Waals surface area contributed by atoms with Gasteiger partial charge in [0.05, 0.1) is 0 Å². The Balaban J connectivity index is 2.81. The summed E-state index contributed by atoms with van der Waals surface area (Å²) in [6.07, 6.45) is 0. The summed E-state index contributed by atoms with van der Waals surface area (Å²) in [6.45, 7) is 1.81. The Morgan fingerprint density at radius 3 is 2.50 bits per heavy atom. The minimum absolute atomic E-state index is 0.0121. The van der Waals surface area contributed by atoms with Crippen molar-refractivity contribution in [2.24, 2.45) is 5.73 Å². The van der Waals surface area contributed by atoms with Crippen LogP contribution in [0.5, 0.6) is 0 Å². The van der Waals surface area contributed by atoms with Crippen LogP contribution in [-0.2, 0) is 4.79 Å². The van der Waals surface area contributed by atoms with Gasteiger partial charge in [0.25, 0.3) is 0 Å². The van der Waals surface area contributed by atoms with Gasteiger partial charge in [0.1, 0.15) is 0 Å². The van der Waals surface area contributed by atoms with Crippen LogP contribution in [-0.4, -0.2) is 26.7 Å². The average Bonchev–Trinajstić information content (AvgIpc) is 2.19. The van der Waals surface area contributed by atoms with Gasteiger partial charge >= 0.3 is 94.9 Å². The van der Waals surface area contributed by atoms with Gasteiger partial charge in [-0.25, -0.2) is 0 Å². The number of alkyl halides is 1. The molecule has 1 atom stereocenters. The topological polar surface area (TPSA) is 43.1 Å². The first kappa shape index (κ1) is 11.6. The molecular weight excluding hydrogens is 265 g/mol. The van der Waals surface area contributed by atoms with Crippen LogP contribution in [0.4, 0.5) is 0 Å². The van der Waals surface area contributed by atoms with Gasteiger partial charge in [-0.05, 0) is 0 Å². The monoisotopic (exact) mass is 277 g/mol. The summed E-state index contributed by atoms with van der Waals surface area (Å²) in [5.74, 6) is -0.0478. The molecule has 0 fully saturated rings. The maximum atomic E-state index is 11.2. The van der Waals surface area contributed by atoms with Crippen LogP contribution < -0.4 is 10.2 Å². The molecule has 1 amide bonds. The fourth-order valence-corrected chi connectivity index (χ4v) is 3.34. The number of amides is 1. The first-order chi connectivity index (χ1) is 6.58. The fourth-order valence-electron chi connectivity index (χ4n) is 0.892. The van der Waals surface area contributed by atoms with Crippen molar-refractivity contribution in [3.05, 3.63) is 30.3 Å². The van der Waals surface area contributed by atoms with Gasteiger partial charge in [-0.3, -0.25) is 0 Å². The zero-order valence-electron chi connectivity index (χ0n) is 7.87. The van der Waals surface area contributed by atoms with Gasteiger partial charge in [-0.1, -0.05) is 0 Å². The van der Waals surface area contributed by atoms with Gasteiger partial charge in [0.2, 0.25) is 0 Å². The molecule has 0 saturated heterocycles. The van der Waals surface area contributed by atoms with Crippen LogP contribution in [0.15, 0.2) is 30.3 Å². The Labute approximate surface area is 95.0 Å². The van der Waals surface area contributed by atoms with Gasteiger partial charge in [-0.2, -0.15) is 0 Å². The molecule has 1 unspecified atom stereocenters. The molecule has 2 nitrogen and oxygen atoms in total. The quantitative estimate of drug-likeness (QED) is 0.645. The van der Waals surface area contributed by atoms with Crippen molar-refractivity contribution < 1.29 is 4.79 Å². The van der Waals surface area contributed by atoms with E-state index in [0.717, 1.165) is 4.46 Å². The molecule has 0 aromatic heterocycles. The van der Waals surface area contributed by atoms with Crippen LogP contribution in [0.1, 0.15) is 6.92 Å². The molecule has 0 saturated carbocycles. The molecule has 0 bridgehead atoms. The van der Waals surface area contributed by atoms with Crippen LogP contribution >= 0.6 is 11.6 Å². The first-order valence-electron chi connectivity index (χ1n) is 4.18. The van der Waals surface area contributed by atoms with Crippen molar-refractivity contribution >= 4 is 36.9 Å². The summed E-state index contributed by atoms with van der Waals surface area (Å²) in [6, 6.07) is 9.84. The third kappa shape index (κ3) is 2.74. The number of carbonyl (C=O) groups excluding carboxylic acids is 1. The Bertz CT molecular complexity index is 317. The average molecular weight is 277 g/mol. The molecule has 4 heteroatoms. The molecule has 0 radical (unpaired) electrons. The summed E-state index contributed by atoms with van der Waals surface area (Å²) in [7, 11) is 0. The van der Waals surface area contributed by atoms with Gasteiger partial charge < -0.3 is 0 Å². The van der Waals surface area contributed by atoms with Crippen LogP contribution in [0.3, 0.4) is 0 Å². The van der Waals surface area contributed by atoms with Crippen molar-refractivity contribution in [3.8, 4) is 0 Å². The number of rotatable bonds is 4. The van der Waals surface area contributed by atoms with E-state index in [2.05, 4.69) is 0 Å². The van der Waals surface area contributed by atoms with E-state index in [1.165, 1.54) is 0 Å². The van der Waals surface area contributed by atoms with Gasteiger partial charge in [0.15, 0.2) is 0 Å². The molecule has 76 valence electrons. The molecule has 2 N–H and O–H groups in total. The predicted octanol–water partition coefficient (Wildman–Crippen LogP) is 0.919. The molecule has 0 heterocycles. The fraction of sp³-hybridized carbons (Fsp3) is 0.300. The van der Waals surface area contributed by atoms with E-state index < -0.39 is 4.31 Å².